The van der Waals surface area contributed by atoms with Gasteiger partial charge in [0.15, 0.2) is 0 Å². The molecule has 0 fully saturated rings. The van der Waals surface area contributed by atoms with Crippen LogP contribution in [-0.2, 0) is 21.2 Å². The van der Waals surface area contributed by atoms with Crippen LogP contribution in [0.25, 0.3) is 0 Å². The average molecular weight is 366 g/mol. The first kappa shape index (κ1) is 16.9. The van der Waals surface area contributed by atoms with Gasteiger partial charge in [0.1, 0.15) is 16.1 Å². The molecule has 6 nitrogen and oxygen atoms in total. The van der Waals surface area contributed by atoms with Gasteiger partial charge < -0.3 is 10.1 Å². The fraction of sp³-hybridized carbons (Fsp3) is 0.312. The van der Waals surface area contributed by atoms with Gasteiger partial charge in [-0.3, -0.25) is 4.79 Å². The van der Waals surface area contributed by atoms with Crippen molar-refractivity contribution in [2.75, 3.05) is 6.54 Å². The van der Waals surface area contributed by atoms with Gasteiger partial charge in [0.25, 0.3) is 10.0 Å². The third-order valence-corrected chi connectivity index (χ3v) is 6.64. The van der Waals surface area contributed by atoms with Crippen LogP contribution in [0.15, 0.2) is 46.0 Å². The lowest BCUT2D eigenvalue weighted by Crippen LogP contribution is -2.46. The van der Waals surface area contributed by atoms with Crippen LogP contribution in [0.4, 0.5) is 0 Å². The minimum Gasteiger partial charge on any atom is -0.488 e. The summed E-state index contributed by atoms with van der Waals surface area (Å²) in [6.07, 6.45) is 0.596. The van der Waals surface area contributed by atoms with E-state index in [1.54, 1.807) is 11.4 Å². The molecule has 0 aliphatic carbocycles. The van der Waals surface area contributed by atoms with Crippen molar-refractivity contribution < 1.29 is 17.9 Å². The molecule has 128 valence electrons. The first-order valence-electron chi connectivity index (χ1n) is 7.54. The van der Waals surface area contributed by atoms with Crippen LogP contribution in [-0.4, -0.2) is 33.0 Å². The third kappa shape index (κ3) is 3.77. The first-order valence-corrected chi connectivity index (χ1v) is 9.90. The van der Waals surface area contributed by atoms with E-state index in [0.29, 0.717) is 6.54 Å². The van der Waals surface area contributed by atoms with E-state index in [9.17, 15) is 13.2 Å². The highest BCUT2D eigenvalue weighted by Crippen LogP contribution is 2.27. The number of ether oxygens (including phenoxy) is 1. The van der Waals surface area contributed by atoms with Crippen molar-refractivity contribution >= 4 is 27.3 Å². The van der Waals surface area contributed by atoms with Gasteiger partial charge in [-0.2, -0.15) is 4.72 Å². The second-order valence-corrected chi connectivity index (χ2v) is 8.46. The number of amides is 1. The standard InChI is InChI=1S/C16H18N2O4S2/c1-11(18-24(20,21)15-7-4-8-23-15)16(19)17-10-13-9-12-5-2-3-6-14(12)22-13/h2-8,11,13,18H,9-10H2,1H3,(H,17,19)/t11-,13-/m1/s1. The molecule has 2 N–H and O–H groups in total. The molecule has 2 aromatic rings. The number of nitrogens with one attached hydrogen (secondary N) is 2. The van der Waals surface area contributed by atoms with Crippen molar-refractivity contribution in [2.24, 2.45) is 0 Å². The lowest BCUT2D eigenvalue weighted by molar-refractivity contribution is -0.122. The van der Waals surface area contributed by atoms with E-state index in [0.717, 1.165) is 29.1 Å². The number of hydrogen-bond acceptors (Lipinski definition) is 5. The summed E-state index contributed by atoms with van der Waals surface area (Å²) in [6.45, 7) is 1.85. The number of thiophene rings is 1. The molecule has 1 amide bonds. The number of rotatable bonds is 6. The quantitative estimate of drug-likeness (QED) is 0.812. The zero-order valence-electron chi connectivity index (χ0n) is 13.1. The van der Waals surface area contributed by atoms with Gasteiger partial charge in [0.05, 0.1) is 12.6 Å². The smallest absolute Gasteiger partial charge is 0.250 e. The summed E-state index contributed by atoms with van der Waals surface area (Å²) in [6, 6.07) is 10.0. The van der Waals surface area contributed by atoms with Gasteiger partial charge in [0, 0.05) is 6.42 Å². The van der Waals surface area contributed by atoms with Gasteiger partial charge >= 0.3 is 0 Å². The largest absolute Gasteiger partial charge is 0.488 e. The summed E-state index contributed by atoms with van der Waals surface area (Å²) in [4.78, 5) is 12.1. The number of hydrogen-bond donors (Lipinski definition) is 2. The summed E-state index contributed by atoms with van der Waals surface area (Å²) >= 11 is 1.11. The Hall–Kier alpha value is -1.90. The number of sulfonamides is 1. The molecule has 2 atom stereocenters. The zero-order valence-corrected chi connectivity index (χ0v) is 14.7. The van der Waals surface area contributed by atoms with Crippen LogP contribution in [0.3, 0.4) is 0 Å². The summed E-state index contributed by atoms with van der Waals surface area (Å²) in [5, 5.41) is 4.41. The minimum absolute atomic E-state index is 0.132. The molecule has 1 aliphatic rings. The lowest BCUT2D eigenvalue weighted by atomic mass is 10.1. The molecule has 3 rings (SSSR count). The molecular formula is C16H18N2O4S2. The second kappa shape index (κ2) is 6.92. The number of carbonyl (C=O) groups excluding carboxylic acids is 1. The molecule has 1 aromatic carbocycles. The zero-order chi connectivity index (χ0) is 17.2. The number of para-hydroxylation sites is 1. The lowest BCUT2D eigenvalue weighted by Gasteiger charge is -2.16. The molecule has 1 aromatic heterocycles. The highest BCUT2D eigenvalue weighted by Gasteiger charge is 2.26. The number of carbonyl (C=O) groups is 1. The van der Waals surface area contributed by atoms with Crippen molar-refractivity contribution in [1.82, 2.24) is 10.0 Å². The number of benzene rings is 1. The molecule has 0 saturated carbocycles. The molecule has 0 bridgehead atoms. The maximum Gasteiger partial charge on any atom is 0.250 e. The van der Waals surface area contributed by atoms with Crippen LogP contribution < -0.4 is 14.8 Å². The van der Waals surface area contributed by atoms with E-state index in [1.165, 1.54) is 13.0 Å². The summed E-state index contributed by atoms with van der Waals surface area (Å²) < 4.78 is 32.5. The molecule has 24 heavy (non-hydrogen) atoms. The molecule has 0 radical (unpaired) electrons. The fourth-order valence-electron chi connectivity index (χ4n) is 2.50. The molecule has 0 spiro atoms. The predicted octanol–water partition coefficient (Wildman–Crippen LogP) is 1.53. The Morgan fingerprint density at radius 2 is 2.12 bits per heavy atom. The monoisotopic (exact) mass is 366 g/mol. The Morgan fingerprint density at radius 3 is 2.83 bits per heavy atom. The van der Waals surface area contributed by atoms with Gasteiger partial charge in [0.2, 0.25) is 5.91 Å². The molecule has 1 aliphatic heterocycles. The highest BCUT2D eigenvalue weighted by atomic mass is 32.2. The Morgan fingerprint density at radius 1 is 1.33 bits per heavy atom. The van der Waals surface area contributed by atoms with Gasteiger partial charge in [-0.05, 0) is 30.0 Å². The third-order valence-electron chi connectivity index (χ3n) is 3.70. The molecule has 0 unspecified atom stereocenters. The van der Waals surface area contributed by atoms with Crippen LogP contribution >= 0.6 is 11.3 Å². The fourth-order valence-corrected chi connectivity index (χ4v) is 4.71. The maximum absolute atomic E-state index is 12.1. The van der Waals surface area contributed by atoms with Crippen LogP contribution in [0, 0.1) is 0 Å². The Labute approximate surface area is 144 Å². The van der Waals surface area contributed by atoms with Gasteiger partial charge in [-0.1, -0.05) is 24.3 Å². The van der Waals surface area contributed by atoms with Crippen molar-refractivity contribution in [3.05, 3.63) is 47.3 Å². The molecule has 2 heterocycles. The van der Waals surface area contributed by atoms with Crippen molar-refractivity contribution in [3.8, 4) is 5.75 Å². The second-order valence-electron chi connectivity index (χ2n) is 5.57. The first-order chi connectivity index (χ1) is 11.5. The number of fused-ring (bicyclic) bond motifs is 1. The Kier molecular flexibility index (Phi) is 4.88. The minimum atomic E-state index is -3.67. The Balaban J connectivity index is 1.51. The summed E-state index contributed by atoms with van der Waals surface area (Å²) in [5.41, 5.74) is 1.11. The normalized spacial score (nSPS) is 17.8. The average Bonchev–Trinajstić information content (AvgIpc) is 3.21. The predicted molar refractivity (Wildman–Crippen MR) is 91.7 cm³/mol. The van der Waals surface area contributed by atoms with E-state index in [1.807, 2.05) is 24.3 Å². The maximum atomic E-state index is 12.1. The topological polar surface area (TPSA) is 84.5 Å². The Bertz CT molecular complexity index is 793. The van der Waals surface area contributed by atoms with Crippen LogP contribution in [0.2, 0.25) is 0 Å². The van der Waals surface area contributed by atoms with E-state index in [2.05, 4.69) is 10.0 Å². The van der Waals surface area contributed by atoms with Gasteiger partial charge in [-0.15, -0.1) is 11.3 Å². The van der Waals surface area contributed by atoms with Crippen molar-refractivity contribution in [1.29, 1.82) is 0 Å². The SMILES string of the molecule is C[C@@H](NS(=O)(=O)c1cccs1)C(=O)NC[C@H]1Cc2ccccc2O1. The van der Waals surface area contributed by atoms with E-state index < -0.39 is 16.1 Å². The molecule has 8 heteroatoms. The molecular weight excluding hydrogens is 348 g/mol. The van der Waals surface area contributed by atoms with E-state index in [-0.39, 0.29) is 16.2 Å². The van der Waals surface area contributed by atoms with Gasteiger partial charge in [-0.25, -0.2) is 8.42 Å². The van der Waals surface area contributed by atoms with Crippen LogP contribution in [0.1, 0.15) is 12.5 Å². The summed E-state index contributed by atoms with van der Waals surface area (Å²) in [5.74, 6) is 0.456. The van der Waals surface area contributed by atoms with Crippen molar-refractivity contribution in [2.45, 2.75) is 29.7 Å². The van der Waals surface area contributed by atoms with Crippen LogP contribution in [0.5, 0.6) is 5.75 Å². The van der Waals surface area contributed by atoms with Crippen molar-refractivity contribution in [3.63, 3.8) is 0 Å². The molecule has 0 saturated heterocycles. The highest BCUT2D eigenvalue weighted by molar-refractivity contribution is 7.91. The summed E-state index contributed by atoms with van der Waals surface area (Å²) in [7, 11) is -3.67. The van der Waals surface area contributed by atoms with E-state index in [4.69, 9.17) is 4.74 Å². The van der Waals surface area contributed by atoms with E-state index >= 15 is 0 Å².